The van der Waals surface area contributed by atoms with E-state index >= 15 is 0 Å². The minimum absolute atomic E-state index is 0.377. The minimum atomic E-state index is 0.377. The fourth-order valence-electron chi connectivity index (χ4n) is 2.96. The number of Topliss-reactive ketones (excluding diaryl/α,β-unsaturated/α-hetero) is 1. The molecule has 1 aromatic rings. The molecule has 3 rings (SSSR count). The zero-order chi connectivity index (χ0) is 12.5. The molecule has 0 amide bonds. The van der Waals surface area contributed by atoms with Crippen LogP contribution in [0, 0.1) is 0 Å². The minimum Gasteiger partial charge on any atom is -0.495 e. The summed E-state index contributed by atoms with van der Waals surface area (Å²) in [4.78, 5) is 16.1. The van der Waals surface area contributed by atoms with Crippen LogP contribution in [0.3, 0.4) is 0 Å². The van der Waals surface area contributed by atoms with E-state index < -0.39 is 0 Å². The first-order chi connectivity index (χ1) is 8.78. The number of fused-ring (bicyclic) bond motifs is 1. The van der Waals surface area contributed by atoms with Gasteiger partial charge in [-0.3, -0.25) is 9.69 Å². The number of ketones is 1. The molecular formula is C14H18N2O2. The summed E-state index contributed by atoms with van der Waals surface area (Å²) in [5, 5.41) is 0. The summed E-state index contributed by atoms with van der Waals surface area (Å²) in [5.41, 5.74) is 1.14. The largest absolute Gasteiger partial charge is 0.495 e. The molecule has 2 aliphatic rings. The summed E-state index contributed by atoms with van der Waals surface area (Å²) >= 11 is 0. The van der Waals surface area contributed by atoms with Gasteiger partial charge in [-0.05, 0) is 12.1 Å². The van der Waals surface area contributed by atoms with E-state index in [1.54, 1.807) is 7.11 Å². The van der Waals surface area contributed by atoms with Crippen LogP contribution in [0.25, 0.3) is 0 Å². The number of methoxy groups -OCH3 is 1. The van der Waals surface area contributed by atoms with E-state index in [0.717, 1.165) is 31.1 Å². The van der Waals surface area contributed by atoms with E-state index in [1.165, 1.54) is 0 Å². The van der Waals surface area contributed by atoms with Crippen molar-refractivity contribution in [1.29, 1.82) is 0 Å². The lowest BCUT2D eigenvalue weighted by atomic mass is 10.1. The van der Waals surface area contributed by atoms with Gasteiger partial charge in [0.2, 0.25) is 0 Å². The van der Waals surface area contributed by atoms with Crippen molar-refractivity contribution in [2.75, 3.05) is 38.2 Å². The van der Waals surface area contributed by atoms with Crippen molar-refractivity contribution in [1.82, 2.24) is 4.90 Å². The van der Waals surface area contributed by atoms with Gasteiger partial charge in [0.05, 0.1) is 19.3 Å². The smallest absolute Gasteiger partial charge is 0.148 e. The highest BCUT2D eigenvalue weighted by molar-refractivity contribution is 5.83. The predicted molar refractivity (Wildman–Crippen MR) is 70.2 cm³/mol. The molecule has 0 radical (unpaired) electrons. The second-order valence-electron chi connectivity index (χ2n) is 4.98. The van der Waals surface area contributed by atoms with Crippen LogP contribution in [0.5, 0.6) is 5.75 Å². The second kappa shape index (κ2) is 4.61. The van der Waals surface area contributed by atoms with Crippen molar-refractivity contribution < 1.29 is 9.53 Å². The van der Waals surface area contributed by atoms with Crippen LogP contribution < -0.4 is 9.64 Å². The van der Waals surface area contributed by atoms with Gasteiger partial charge in [0.15, 0.2) is 0 Å². The zero-order valence-corrected chi connectivity index (χ0v) is 10.6. The molecule has 2 fully saturated rings. The molecule has 2 aliphatic heterocycles. The van der Waals surface area contributed by atoms with Gasteiger partial charge in [-0.1, -0.05) is 12.1 Å². The van der Waals surface area contributed by atoms with Gasteiger partial charge in [-0.15, -0.1) is 0 Å². The van der Waals surface area contributed by atoms with E-state index in [0.29, 0.717) is 24.8 Å². The fourth-order valence-corrected chi connectivity index (χ4v) is 2.96. The highest BCUT2D eigenvalue weighted by Gasteiger charge is 2.35. The van der Waals surface area contributed by atoms with Crippen molar-refractivity contribution in [2.24, 2.45) is 0 Å². The number of ether oxygens (including phenoxy) is 1. The van der Waals surface area contributed by atoms with Crippen LogP contribution in [0.1, 0.15) is 6.42 Å². The summed E-state index contributed by atoms with van der Waals surface area (Å²) in [6, 6.07) is 8.48. The Morgan fingerprint density at radius 2 is 2.11 bits per heavy atom. The van der Waals surface area contributed by atoms with E-state index in [4.69, 9.17) is 4.74 Å². The van der Waals surface area contributed by atoms with E-state index in [9.17, 15) is 4.79 Å². The van der Waals surface area contributed by atoms with Crippen LogP contribution in [0.15, 0.2) is 24.3 Å². The van der Waals surface area contributed by atoms with Crippen molar-refractivity contribution in [2.45, 2.75) is 12.5 Å². The average molecular weight is 246 g/mol. The molecule has 2 heterocycles. The van der Waals surface area contributed by atoms with Gasteiger partial charge in [-0.25, -0.2) is 0 Å². The van der Waals surface area contributed by atoms with Crippen LogP contribution in [-0.2, 0) is 4.79 Å². The molecule has 96 valence electrons. The Morgan fingerprint density at radius 1 is 1.28 bits per heavy atom. The lowest BCUT2D eigenvalue weighted by Gasteiger charge is -2.38. The number of para-hydroxylation sites is 2. The van der Waals surface area contributed by atoms with Crippen molar-refractivity contribution >= 4 is 11.5 Å². The molecule has 0 aliphatic carbocycles. The Labute approximate surface area is 107 Å². The van der Waals surface area contributed by atoms with Crippen LogP contribution in [0.2, 0.25) is 0 Å². The van der Waals surface area contributed by atoms with Crippen LogP contribution in [-0.4, -0.2) is 50.0 Å². The molecule has 4 nitrogen and oxygen atoms in total. The number of benzene rings is 1. The summed E-state index contributed by atoms with van der Waals surface area (Å²) < 4.78 is 5.41. The highest BCUT2D eigenvalue weighted by atomic mass is 16.5. The van der Waals surface area contributed by atoms with Crippen LogP contribution >= 0.6 is 0 Å². The van der Waals surface area contributed by atoms with Crippen molar-refractivity contribution in [3.8, 4) is 5.75 Å². The van der Waals surface area contributed by atoms with E-state index in [-0.39, 0.29) is 0 Å². The molecule has 4 heteroatoms. The van der Waals surface area contributed by atoms with Crippen LogP contribution in [0.4, 0.5) is 5.69 Å². The first-order valence-corrected chi connectivity index (χ1v) is 6.41. The number of hydrogen-bond donors (Lipinski definition) is 0. The Bertz CT molecular complexity index is 461. The monoisotopic (exact) mass is 246 g/mol. The third kappa shape index (κ3) is 1.97. The lowest BCUT2D eigenvalue weighted by Crippen LogP contribution is -2.50. The average Bonchev–Trinajstić information content (AvgIpc) is 2.77. The summed E-state index contributed by atoms with van der Waals surface area (Å²) in [5.74, 6) is 1.29. The van der Waals surface area contributed by atoms with Gasteiger partial charge >= 0.3 is 0 Å². The first-order valence-electron chi connectivity index (χ1n) is 6.41. The molecule has 1 unspecified atom stereocenters. The Kier molecular flexibility index (Phi) is 2.96. The highest BCUT2D eigenvalue weighted by Crippen LogP contribution is 2.31. The third-order valence-electron chi connectivity index (χ3n) is 3.87. The number of piperazine rings is 1. The Hall–Kier alpha value is -1.55. The molecule has 2 saturated heterocycles. The predicted octanol–water partition coefficient (Wildman–Crippen LogP) is 1.16. The summed E-state index contributed by atoms with van der Waals surface area (Å²) in [6.45, 7) is 3.50. The van der Waals surface area contributed by atoms with Gasteiger partial charge in [-0.2, -0.15) is 0 Å². The first kappa shape index (κ1) is 11.5. The van der Waals surface area contributed by atoms with E-state index in [2.05, 4.69) is 15.9 Å². The number of carbonyl (C=O) groups excluding carboxylic acids is 1. The quantitative estimate of drug-likeness (QED) is 0.784. The second-order valence-corrected chi connectivity index (χ2v) is 4.98. The number of hydrogen-bond acceptors (Lipinski definition) is 4. The molecule has 18 heavy (non-hydrogen) atoms. The molecular weight excluding hydrogens is 228 g/mol. The molecule has 0 spiro atoms. The number of rotatable bonds is 2. The molecule has 1 atom stereocenters. The molecule has 0 saturated carbocycles. The van der Waals surface area contributed by atoms with E-state index in [1.807, 2.05) is 18.2 Å². The number of carbonyl (C=O) groups is 1. The van der Waals surface area contributed by atoms with Gasteiger partial charge in [0.25, 0.3) is 0 Å². The summed E-state index contributed by atoms with van der Waals surface area (Å²) in [7, 11) is 1.70. The topological polar surface area (TPSA) is 32.8 Å². The number of nitrogens with zero attached hydrogens (tertiary/aromatic N) is 2. The zero-order valence-electron chi connectivity index (χ0n) is 10.6. The lowest BCUT2D eigenvalue weighted by molar-refractivity contribution is -0.116. The van der Waals surface area contributed by atoms with Crippen molar-refractivity contribution in [3.05, 3.63) is 24.3 Å². The molecule has 0 N–H and O–H groups in total. The fraction of sp³-hybridized carbons (Fsp3) is 0.500. The maximum absolute atomic E-state index is 11.5. The normalized spacial score (nSPS) is 24.2. The summed E-state index contributed by atoms with van der Waals surface area (Å²) in [6.07, 6.45) is 0.700. The Balaban J connectivity index is 1.80. The molecule has 0 bridgehead atoms. The number of anilines is 1. The van der Waals surface area contributed by atoms with Crippen molar-refractivity contribution in [3.63, 3.8) is 0 Å². The standard InChI is InChI=1S/C14H18N2O2/c1-18-14-5-3-2-4-13(14)16-7-6-15-10-12(17)8-11(15)9-16/h2-5,11H,6-10H2,1H3. The van der Waals surface area contributed by atoms with Gasteiger partial charge < -0.3 is 9.64 Å². The SMILES string of the molecule is COc1ccccc1N1CCN2CC(=O)CC2C1. The third-order valence-corrected chi connectivity index (χ3v) is 3.87. The maximum atomic E-state index is 11.5. The maximum Gasteiger partial charge on any atom is 0.148 e. The molecule has 1 aromatic carbocycles. The Morgan fingerprint density at radius 3 is 2.94 bits per heavy atom. The van der Waals surface area contributed by atoms with Gasteiger partial charge in [0.1, 0.15) is 11.5 Å². The van der Waals surface area contributed by atoms with Gasteiger partial charge in [0, 0.05) is 32.1 Å². The molecule has 0 aromatic heterocycles.